The van der Waals surface area contributed by atoms with Crippen molar-refractivity contribution < 1.29 is 19.5 Å². The number of carbonyl (C=O) groups is 3. The molecule has 0 aromatic carbocycles. The highest BCUT2D eigenvalue weighted by Gasteiger charge is 2.28. The van der Waals surface area contributed by atoms with Crippen molar-refractivity contribution >= 4 is 17.7 Å². The van der Waals surface area contributed by atoms with Crippen LogP contribution in [0, 0.1) is 0 Å². The lowest BCUT2D eigenvalue weighted by atomic mass is 10.3. The number of nitrogens with zero attached hydrogens (tertiary/aromatic N) is 1. The van der Waals surface area contributed by atoms with Crippen molar-refractivity contribution in [2.45, 2.75) is 32.2 Å². The molecule has 0 spiro atoms. The Hall–Kier alpha value is -1.43. The van der Waals surface area contributed by atoms with E-state index in [0.717, 1.165) is 4.90 Å². The number of nitrogens with one attached hydrogen (secondary N) is 1. The largest absolute Gasteiger partial charge is 0.394 e. The van der Waals surface area contributed by atoms with Crippen LogP contribution in [-0.2, 0) is 14.4 Å². The lowest BCUT2D eigenvalue weighted by molar-refractivity contribution is -0.138. The van der Waals surface area contributed by atoms with Crippen molar-refractivity contribution in [1.29, 1.82) is 0 Å². The van der Waals surface area contributed by atoms with E-state index in [1.165, 1.54) is 0 Å². The highest BCUT2D eigenvalue weighted by molar-refractivity contribution is 6.02. The summed E-state index contributed by atoms with van der Waals surface area (Å²) in [4.78, 5) is 34.8. The molecule has 1 heterocycles. The molecule has 1 fully saturated rings. The number of aliphatic hydroxyl groups is 1. The normalized spacial score (nSPS) is 17.8. The molecule has 0 saturated carbocycles. The summed E-state index contributed by atoms with van der Waals surface area (Å²) in [5.74, 6) is -0.699. The van der Waals surface area contributed by atoms with E-state index in [1.54, 1.807) is 6.92 Å². The van der Waals surface area contributed by atoms with Crippen LogP contribution in [0.5, 0.6) is 0 Å². The second kappa shape index (κ2) is 5.60. The summed E-state index contributed by atoms with van der Waals surface area (Å²) in [5.41, 5.74) is 0. The van der Waals surface area contributed by atoms with E-state index in [2.05, 4.69) is 5.32 Å². The molecule has 0 aromatic heterocycles. The van der Waals surface area contributed by atoms with Crippen LogP contribution in [-0.4, -0.2) is 46.9 Å². The predicted molar refractivity (Wildman–Crippen MR) is 55.3 cm³/mol. The molecular formula is C10H16N2O4. The number of hydrogen-bond acceptors (Lipinski definition) is 4. The van der Waals surface area contributed by atoms with Gasteiger partial charge in [0.1, 0.15) is 0 Å². The van der Waals surface area contributed by atoms with Gasteiger partial charge in [0.05, 0.1) is 6.61 Å². The van der Waals surface area contributed by atoms with Crippen molar-refractivity contribution in [1.82, 2.24) is 10.2 Å². The van der Waals surface area contributed by atoms with Crippen LogP contribution in [0.1, 0.15) is 26.2 Å². The summed E-state index contributed by atoms with van der Waals surface area (Å²) < 4.78 is 0. The fourth-order valence-electron chi connectivity index (χ4n) is 1.48. The molecule has 2 N–H and O–H groups in total. The smallest absolute Gasteiger partial charge is 0.229 e. The Morgan fingerprint density at radius 2 is 2.00 bits per heavy atom. The van der Waals surface area contributed by atoms with Crippen LogP contribution in [0.15, 0.2) is 0 Å². The first-order valence-electron chi connectivity index (χ1n) is 5.28. The molecule has 6 nitrogen and oxygen atoms in total. The Morgan fingerprint density at radius 1 is 1.44 bits per heavy atom. The van der Waals surface area contributed by atoms with Crippen molar-refractivity contribution in [3.05, 3.63) is 0 Å². The van der Waals surface area contributed by atoms with E-state index in [-0.39, 0.29) is 56.2 Å². The number of likely N-dealkylation sites (tertiary alicyclic amines) is 1. The predicted octanol–water partition coefficient (Wildman–Crippen LogP) is -0.977. The van der Waals surface area contributed by atoms with Crippen LogP contribution < -0.4 is 5.32 Å². The van der Waals surface area contributed by atoms with Gasteiger partial charge >= 0.3 is 0 Å². The fraction of sp³-hybridized carbons (Fsp3) is 0.700. The second-order valence-corrected chi connectivity index (χ2v) is 3.84. The van der Waals surface area contributed by atoms with E-state index in [1.807, 2.05) is 0 Å². The molecule has 1 unspecified atom stereocenters. The van der Waals surface area contributed by atoms with Gasteiger partial charge in [-0.3, -0.25) is 19.3 Å². The van der Waals surface area contributed by atoms with Gasteiger partial charge in [0.2, 0.25) is 17.7 Å². The van der Waals surface area contributed by atoms with Crippen LogP contribution in [0.25, 0.3) is 0 Å². The van der Waals surface area contributed by atoms with Crippen molar-refractivity contribution in [3.63, 3.8) is 0 Å². The zero-order valence-electron chi connectivity index (χ0n) is 9.23. The molecule has 1 rings (SSSR count). The maximum absolute atomic E-state index is 11.3. The molecule has 1 aliphatic heterocycles. The summed E-state index contributed by atoms with van der Waals surface area (Å²) >= 11 is 0. The van der Waals surface area contributed by atoms with Gasteiger partial charge in [-0.05, 0) is 6.92 Å². The summed E-state index contributed by atoms with van der Waals surface area (Å²) in [6.45, 7) is 1.67. The van der Waals surface area contributed by atoms with Crippen LogP contribution in [0.3, 0.4) is 0 Å². The molecular weight excluding hydrogens is 212 g/mol. The summed E-state index contributed by atoms with van der Waals surface area (Å²) in [7, 11) is 0. The molecule has 0 radical (unpaired) electrons. The maximum atomic E-state index is 11.3. The van der Waals surface area contributed by atoms with Gasteiger partial charge in [0, 0.05) is 31.8 Å². The molecule has 3 amide bonds. The highest BCUT2D eigenvalue weighted by Crippen LogP contribution is 2.11. The first-order chi connectivity index (χ1) is 7.54. The van der Waals surface area contributed by atoms with Gasteiger partial charge in [-0.15, -0.1) is 0 Å². The fourth-order valence-corrected chi connectivity index (χ4v) is 1.48. The van der Waals surface area contributed by atoms with Crippen molar-refractivity contribution in [3.8, 4) is 0 Å². The molecule has 0 bridgehead atoms. The van der Waals surface area contributed by atoms with Gasteiger partial charge in [0.25, 0.3) is 0 Å². The van der Waals surface area contributed by atoms with E-state index in [9.17, 15) is 14.4 Å². The second-order valence-electron chi connectivity index (χ2n) is 3.84. The average Bonchev–Trinajstić information content (AvgIpc) is 2.56. The third kappa shape index (κ3) is 3.30. The third-order valence-corrected chi connectivity index (χ3v) is 2.40. The Bertz CT molecular complexity index is 287. The topological polar surface area (TPSA) is 86.7 Å². The third-order valence-electron chi connectivity index (χ3n) is 2.40. The Labute approximate surface area is 93.6 Å². The van der Waals surface area contributed by atoms with Gasteiger partial charge in [-0.2, -0.15) is 0 Å². The number of aliphatic hydroxyl groups excluding tert-OH is 1. The standard InChI is InChI=1S/C10H16N2O4/c1-7(6-13)11-8(14)4-5-12-9(15)2-3-10(12)16/h7,13H,2-6H2,1H3,(H,11,14). The minimum Gasteiger partial charge on any atom is -0.394 e. The number of imide groups is 1. The Morgan fingerprint density at radius 3 is 2.50 bits per heavy atom. The number of hydrogen-bond donors (Lipinski definition) is 2. The minimum atomic E-state index is -0.308. The zero-order valence-corrected chi connectivity index (χ0v) is 9.23. The van der Waals surface area contributed by atoms with Gasteiger partial charge in [0.15, 0.2) is 0 Å². The van der Waals surface area contributed by atoms with Crippen LogP contribution in [0.4, 0.5) is 0 Å². The van der Waals surface area contributed by atoms with Crippen LogP contribution >= 0.6 is 0 Å². The number of amides is 3. The first-order valence-corrected chi connectivity index (χ1v) is 5.28. The molecule has 1 atom stereocenters. The zero-order chi connectivity index (χ0) is 12.1. The first kappa shape index (κ1) is 12.6. The lowest BCUT2D eigenvalue weighted by Crippen LogP contribution is -2.38. The number of carbonyl (C=O) groups excluding carboxylic acids is 3. The number of rotatable bonds is 5. The van der Waals surface area contributed by atoms with E-state index in [4.69, 9.17) is 5.11 Å². The molecule has 0 aliphatic carbocycles. The molecule has 1 aliphatic rings. The summed E-state index contributed by atoms with van der Waals surface area (Å²) in [6.07, 6.45) is 0.572. The monoisotopic (exact) mass is 228 g/mol. The van der Waals surface area contributed by atoms with E-state index in [0.29, 0.717) is 0 Å². The van der Waals surface area contributed by atoms with E-state index < -0.39 is 0 Å². The molecule has 6 heteroatoms. The minimum absolute atomic E-state index is 0.0851. The van der Waals surface area contributed by atoms with Crippen LogP contribution in [0.2, 0.25) is 0 Å². The lowest BCUT2D eigenvalue weighted by Gasteiger charge is -2.15. The Kier molecular flexibility index (Phi) is 4.42. The highest BCUT2D eigenvalue weighted by atomic mass is 16.3. The molecule has 1 saturated heterocycles. The van der Waals surface area contributed by atoms with Crippen molar-refractivity contribution in [2.24, 2.45) is 0 Å². The average molecular weight is 228 g/mol. The van der Waals surface area contributed by atoms with Gasteiger partial charge in [-0.1, -0.05) is 0 Å². The van der Waals surface area contributed by atoms with Crippen molar-refractivity contribution in [2.75, 3.05) is 13.2 Å². The van der Waals surface area contributed by atoms with E-state index >= 15 is 0 Å². The quantitative estimate of drug-likeness (QED) is 0.592. The SMILES string of the molecule is CC(CO)NC(=O)CCN1C(=O)CCC1=O. The molecule has 0 aromatic rings. The van der Waals surface area contributed by atoms with Gasteiger partial charge < -0.3 is 10.4 Å². The molecule has 16 heavy (non-hydrogen) atoms. The summed E-state index contributed by atoms with van der Waals surface area (Å²) in [5, 5.41) is 11.3. The van der Waals surface area contributed by atoms with Gasteiger partial charge in [-0.25, -0.2) is 0 Å². The maximum Gasteiger partial charge on any atom is 0.229 e. The molecule has 90 valence electrons. The Balaban J connectivity index is 2.31. The summed E-state index contributed by atoms with van der Waals surface area (Å²) in [6, 6.07) is -0.308.